The second-order valence-electron chi connectivity index (χ2n) is 3.79. The molecule has 0 fully saturated rings. The highest BCUT2D eigenvalue weighted by Crippen LogP contribution is 2.35. The molecule has 1 aromatic carbocycles. The summed E-state index contributed by atoms with van der Waals surface area (Å²) in [6.45, 7) is 0. The third-order valence-electron chi connectivity index (χ3n) is 2.73. The molecule has 0 spiro atoms. The number of nitro benzene ring substituents is 1. The van der Waals surface area contributed by atoms with Crippen molar-refractivity contribution in [1.82, 2.24) is 0 Å². The van der Waals surface area contributed by atoms with Crippen molar-refractivity contribution in [1.29, 1.82) is 0 Å². The largest absolute Gasteiger partial charge is 0.381 e. The van der Waals surface area contributed by atoms with Crippen LogP contribution in [0.25, 0.3) is 0 Å². The van der Waals surface area contributed by atoms with Crippen molar-refractivity contribution < 1.29 is 14.4 Å². The van der Waals surface area contributed by atoms with Crippen LogP contribution in [0.2, 0.25) is 0 Å². The van der Waals surface area contributed by atoms with Gasteiger partial charge in [0.2, 0.25) is 5.82 Å². The molecule has 0 radical (unpaired) electrons. The number of nitro groups is 1. The van der Waals surface area contributed by atoms with Gasteiger partial charge in [-0.15, -0.1) is 0 Å². The van der Waals surface area contributed by atoms with Crippen molar-refractivity contribution in [3.8, 4) is 0 Å². The molecule has 2 rings (SSSR count). The second-order valence-corrected chi connectivity index (χ2v) is 3.79. The Morgan fingerprint density at radius 2 is 2.25 bits per heavy atom. The normalized spacial score (nSPS) is 23.6. The topological polar surface area (TPSA) is 63.4 Å². The molecule has 1 unspecified atom stereocenters. The molecule has 1 atom stereocenters. The van der Waals surface area contributed by atoms with Crippen LogP contribution in [0, 0.1) is 15.9 Å². The van der Waals surface area contributed by atoms with Gasteiger partial charge in [0.1, 0.15) is 5.60 Å². The van der Waals surface area contributed by atoms with Crippen LogP contribution in [0.5, 0.6) is 0 Å². The lowest BCUT2D eigenvalue weighted by Gasteiger charge is -2.20. The van der Waals surface area contributed by atoms with Crippen molar-refractivity contribution in [3.63, 3.8) is 0 Å². The minimum Gasteiger partial charge on any atom is -0.381 e. The molecule has 1 aliphatic rings. The van der Waals surface area contributed by atoms with Crippen LogP contribution in [0.1, 0.15) is 18.4 Å². The van der Waals surface area contributed by atoms with Gasteiger partial charge in [0.05, 0.1) is 4.92 Å². The van der Waals surface area contributed by atoms with E-state index in [1.165, 1.54) is 6.07 Å². The highest BCUT2D eigenvalue weighted by molar-refractivity contribution is 5.41. The molecule has 0 saturated heterocycles. The lowest BCUT2D eigenvalue weighted by atomic mass is 9.93. The van der Waals surface area contributed by atoms with Gasteiger partial charge in [0.25, 0.3) is 0 Å². The first kappa shape index (κ1) is 10.8. The van der Waals surface area contributed by atoms with E-state index in [1.807, 2.05) is 0 Å². The van der Waals surface area contributed by atoms with Crippen molar-refractivity contribution >= 4 is 5.69 Å². The maximum absolute atomic E-state index is 13.1. The van der Waals surface area contributed by atoms with E-state index in [9.17, 15) is 19.6 Å². The summed E-state index contributed by atoms with van der Waals surface area (Å²) >= 11 is 0. The number of nitrogens with zero attached hydrogens (tertiary/aromatic N) is 1. The molecule has 5 heteroatoms. The molecular weight excluding hydrogens is 213 g/mol. The predicted octanol–water partition coefficient (Wildman–Crippen LogP) is 2.27. The first-order chi connectivity index (χ1) is 7.53. The van der Waals surface area contributed by atoms with Gasteiger partial charge in [0, 0.05) is 6.07 Å². The van der Waals surface area contributed by atoms with E-state index in [-0.39, 0.29) is 0 Å². The third kappa shape index (κ3) is 1.69. The Morgan fingerprint density at radius 1 is 1.50 bits per heavy atom. The zero-order valence-electron chi connectivity index (χ0n) is 8.39. The Hall–Kier alpha value is -1.75. The monoisotopic (exact) mass is 223 g/mol. The van der Waals surface area contributed by atoms with E-state index in [4.69, 9.17) is 0 Å². The van der Waals surface area contributed by atoms with Gasteiger partial charge in [-0.3, -0.25) is 10.1 Å². The maximum atomic E-state index is 13.1. The minimum atomic E-state index is -1.20. The standard InChI is InChI=1S/C11H10FNO3/c12-9-4-3-8(7-10(9)13(15)16)11(14)5-1-2-6-11/h1,3-5,7,14H,2,6H2. The van der Waals surface area contributed by atoms with E-state index in [1.54, 1.807) is 12.2 Å². The minimum absolute atomic E-state index is 0.356. The fraction of sp³-hybridized carbons (Fsp3) is 0.273. The summed E-state index contributed by atoms with van der Waals surface area (Å²) in [5.41, 5.74) is -1.45. The van der Waals surface area contributed by atoms with Crippen molar-refractivity contribution in [2.75, 3.05) is 0 Å². The van der Waals surface area contributed by atoms with Gasteiger partial charge in [-0.25, -0.2) is 0 Å². The highest BCUT2D eigenvalue weighted by atomic mass is 19.1. The molecule has 4 nitrogen and oxygen atoms in total. The Labute approximate surface area is 91.2 Å². The zero-order chi connectivity index (χ0) is 11.8. The number of benzene rings is 1. The van der Waals surface area contributed by atoms with Crippen molar-refractivity contribution in [2.24, 2.45) is 0 Å². The highest BCUT2D eigenvalue weighted by Gasteiger charge is 2.30. The van der Waals surface area contributed by atoms with Crippen LogP contribution in [0.3, 0.4) is 0 Å². The maximum Gasteiger partial charge on any atom is 0.305 e. The molecule has 84 valence electrons. The fourth-order valence-corrected chi connectivity index (χ4v) is 1.83. The fourth-order valence-electron chi connectivity index (χ4n) is 1.83. The molecule has 0 amide bonds. The summed E-state index contributed by atoms with van der Waals surface area (Å²) in [4.78, 5) is 9.77. The molecule has 0 aromatic heterocycles. The molecule has 1 aromatic rings. The van der Waals surface area contributed by atoms with Crippen LogP contribution in [0.15, 0.2) is 30.4 Å². The summed E-state index contributed by atoms with van der Waals surface area (Å²) in [5, 5.41) is 20.7. The molecule has 0 saturated carbocycles. The van der Waals surface area contributed by atoms with Crippen LogP contribution in [0.4, 0.5) is 10.1 Å². The third-order valence-corrected chi connectivity index (χ3v) is 2.73. The predicted molar refractivity (Wildman–Crippen MR) is 55.3 cm³/mol. The number of rotatable bonds is 2. The molecule has 0 aliphatic heterocycles. The molecule has 1 N–H and O–H groups in total. The molecule has 0 heterocycles. The number of aliphatic hydroxyl groups is 1. The number of hydrogen-bond acceptors (Lipinski definition) is 3. The van der Waals surface area contributed by atoms with Crippen LogP contribution in [-0.4, -0.2) is 10.0 Å². The number of allylic oxidation sites excluding steroid dienone is 1. The van der Waals surface area contributed by atoms with Gasteiger partial charge in [-0.1, -0.05) is 18.2 Å². The summed E-state index contributed by atoms with van der Waals surface area (Å²) in [7, 11) is 0. The Bertz CT molecular complexity index is 472. The van der Waals surface area contributed by atoms with Gasteiger partial charge in [0.15, 0.2) is 0 Å². The lowest BCUT2D eigenvalue weighted by molar-refractivity contribution is -0.387. The Kier molecular flexibility index (Phi) is 2.47. The number of hydrogen-bond donors (Lipinski definition) is 1. The average molecular weight is 223 g/mol. The van der Waals surface area contributed by atoms with E-state index >= 15 is 0 Å². The smallest absolute Gasteiger partial charge is 0.305 e. The average Bonchev–Trinajstić information content (AvgIpc) is 2.66. The van der Waals surface area contributed by atoms with Crippen molar-refractivity contribution in [3.05, 3.63) is 51.8 Å². The second kappa shape index (κ2) is 3.68. The van der Waals surface area contributed by atoms with Crippen LogP contribution in [-0.2, 0) is 5.60 Å². The molecular formula is C11H10FNO3. The first-order valence-corrected chi connectivity index (χ1v) is 4.87. The van der Waals surface area contributed by atoms with E-state index in [0.717, 1.165) is 12.1 Å². The van der Waals surface area contributed by atoms with E-state index < -0.39 is 22.0 Å². The quantitative estimate of drug-likeness (QED) is 0.475. The zero-order valence-corrected chi connectivity index (χ0v) is 8.39. The van der Waals surface area contributed by atoms with Gasteiger partial charge in [-0.2, -0.15) is 4.39 Å². The van der Waals surface area contributed by atoms with Crippen LogP contribution >= 0.6 is 0 Å². The van der Waals surface area contributed by atoms with E-state index in [0.29, 0.717) is 18.4 Å². The molecule has 0 bridgehead atoms. The van der Waals surface area contributed by atoms with E-state index in [2.05, 4.69) is 0 Å². The summed E-state index contributed by atoms with van der Waals surface area (Å²) in [6.07, 6.45) is 4.57. The van der Waals surface area contributed by atoms with Gasteiger partial charge < -0.3 is 5.11 Å². The van der Waals surface area contributed by atoms with Crippen molar-refractivity contribution in [2.45, 2.75) is 18.4 Å². The van der Waals surface area contributed by atoms with Gasteiger partial charge >= 0.3 is 5.69 Å². The number of halogens is 1. The Morgan fingerprint density at radius 3 is 2.81 bits per heavy atom. The van der Waals surface area contributed by atoms with Gasteiger partial charge in [-0.05, 0) is 24.5 Å². The Balaban J connectivity index is 2.47. The SMILES string of the molecule is O=[N+]([O-])c1cc(C2(O)C=CCC2)ccc1F. The summed E-state index contributed by atoms with van der Waals surface area (Å²) < 4.78 is 13.1. The summed E-state index contributed by atoms with van der Waals surface area (Å²) in [5.74, 6) is -0.890. The molecule has 1 aliphatic carbocycles. The lowest BCUT2D eigenvalue weighted by Crippen LogP contribution is -2.19. The molecule has 16 heavy (non-hydrogen) atoms. The summed E-state index contributed by atoms with van der Waals surface area (Å²) in [6, 6.07) is 3.47. The van der Waals surface area contributed by atoms with Crippen LogP contribution < -0.4 is 0 Å². The first-order valence-electron chi connectivity index (χ1n) is 4.87.